The molecule has 0 aromatic heterocycles. The molecular formula is C21H22FNO2. The van der Waals surface area contributed by atoms with E-state index in [1.807, 2.05) is 37.3 Å². The van der Waals surface area contributed by atoms with Crippen LogP contribution in [0.15, 0.2) is 42.5 Å². The van der Waals surface area contributed by atoms with Crippen LogP contribution in [0.4, 0.5) is 4.39 Å². The van der Waals surface area contributed by atoms with Gasteiger partial charge in [-0.3, -0.25) is 9.69 Å². The van der Waals surface area contributed by atoms with Crippen LogP contribution in [0, 0.1) is 12.7 Å². The molecule has 2 aromatic rings. The maximum atomic E-state index is 13.9. The molecule has 0 unspecified atom stereocenters. The fourth-order valence-electron chi connectivity index (χ4n) is 3.87. The number of ketones is 1. The second-order valence-electron chi connectivity index (χ2n) is 7.25. The molecule has 1 spiro atoms. The number of Topliss-reactive ketones (excluding diaryl/α,β-unsaturated/α-hetero) is 1. The Morgan fingerprint density at radius 1 is 1.16 bits per heavy atom. The van der Waals surface area contributed by atoms with E-state index < -0.39 is 5.60 Å². The number of carbonyl (C=O) groups excluding carboxylic acids is 1. The van der Waals surface area contributed by atoms with Crippen LogP contribution in [0.3, 0.4) is 0 Å². The number of halogens is 1. The van der Waals surface area contributed by atoms with E-state index in [1.165, 1.54) is 6.07 Å². The minimum absolute atomic E-state index is 0.156. The summed E-state index contributed by atoms with van der Waals surface area (Å²) >= 11 is 0. The Balaban J connectivity index is 1.46. The summed E-state index contributed by atoms with van der Waals surface area (Å²) in [5.74, 6) is 0.735. The quantitative estimate of drug-likeness (QED) is 0.824. The van der Waals surface area contributed by atoms with Gasteiger partial charge in [-0.25, -0.2) is 4.39 Å². The van der Waals surface area contributed by atoms with E-state index in [-0.39, 0.29) is 11.6 Å². The third-order valence-corrected chi connectivity index (χ3v) is 5.37. The first-order chi connectivity index (χ1) is 12.0. The van der Waals surface area contributed by atoms with Gasteiger partial charge in [0.05, 0.1) is 12.0 Å². The Morgan fingerprint density at radius 3 is 2.68 bits per heavy atom. The van der Waals surface area contributed by atoms with Crippen LogP contribution in [0.5, 0.6) is 5.75 Å². The van der Waals surface area contributed by atoms with Gasteiger partial charge in [0, 0.05) is 38.0 Å². The van der Waals surface area contributed by atoms with E-state index >= 15 is 0 Å². The topological polar surface area (TPSA) is 29.5 Å². The Labute approximate surface area is 147 Å². The lowest BCUT2D eigenvalue weighted by Crippen LogP contribution is -2.50. The Kier molecular flexibility index (Phi) is 4.08. The van der Waals surface area contributed by atoms with Gasteiger partial charge in [-0.2, -0.15) is 0 Å². The monoisotopic (exact) mass is 339 g/mol. The molecule has 3 nitrogen and oxygen atoms in total. The van der Waals surface area contributed by atoms with Crippen molar-refractivity contribution in [3.05, 3.63) is 65.0 Å². The zero-order valence-corrected chi connectivity index (χ0v) is 14.4. The predicted molar refractivity (Wildman–Crippen MR) is 94.4 cm³/mol. The first-order valence-corrected chi connectivity index (χ1v) is 8.83. The van der Waals surface area contributed by atoms with Gasteiger partial charge in [-0.1, -0.05) is 24.3 Å². The van der Waals surface area contributed by atoms with Crippen molar-refractivity contribution in [3.8, 4) is 5.75 Å². The zero-order valence-electron chi connectivity index (χ0n) is 14.4. The Bertz CT molecular complexity index is 809. The standard InChI is InChI=1S/C21H22FNO2/c1-15-6-7-17-19(24)13-21(25-20(17)12-15)8-10-23(11-9-21)14-16-4-2-3-5-18(16)22/h2-7,12H,8-11,13-14H2,1H3. The summed E-state index contributed by atoms with van der Waals surface area (Å²) in [5.41, 5.74) is 2.12. The fraction of sp³-hybridized carbons (Fsp3) is 0.381. The normalized spacial score (nSPS) is 19.5. The third kappa shape index (κ3) is 3.19. The molecule has 2 aliphatic rings. The van der Waals surface area contributed by atoms with E-state index in [0.29, 0.717) is 18.5 Å². The minimum Gasteiger partial charge on any atom is -0.486 e. The van der Waals surface area contributed by atoms with Crippen molar-refractivity contribution in [1.29, 1.82) is 0 Å². The van der Waals surface area contributed by atoms with E-state index in [9.17, 15) is 9.18 Å². The molecule has 0 aliphatic carbocycles. The highest BCUT2D eigenvalue weighted by Gasteiger charge is 2.42. The number of likely N-dealkylation sites (tertiary alicyclic amines) is 1. The number of fused-ring (bicyclic) bond motifs is 1. The molecule has 4 heteroatoms. The van der Waals surface area contributed by atoms with Gasteiger partial charge >= 0.3 is 0 Å². The van der Waals surface area contributed by atoms with Gasteiger partial charge in [0.1, 0.15) is 17.2 Å². The van der Waals surface area contributed by atoms with E-state index in [4.69, 9.17) is 4.74 Å². The molecule has 1 fully saturated rings. The highest BCUT2D eigenvalue weighted by molar-refractivity contribution is 6.00. The molecule has 0 bridgehead atoms. The fourth-order valence-corrected chi connectivity index (χ4v) is 3.87. The molecule has 0 atom stereocenters. The second-order valence-corrected chi connectivity index (χ2v) is 7.25. The highest BCUT2D eigenvalue weighted by atomic mass is 19.1. The van der Waals surface area contributed by atoms with Crippen molar-refractivity contribution in [2.75, 3.05) is 13.1 Å². The number of hydrogen-bond donors (Lipinski definition) is 0. The number of hydrogen-bond acceptors (Lipinski definition) is 3. The van der Waals surface area contributed by atoms with Crippen LogP contribution in [-0.4, -0.2) is 29.4 Å². The van der Waals surface area contributed by atoms with Crippen LogP contribution < -0.4 is 4.74 Å². The van der Waals surface area contributed by atoms with Crippen LogP contribution in [0.25, 0.3) is 0 Å². The molecule has 0 N–H and O–H groups in total. The number of ether oxygens (including phenoxy) is 1. The molecule has 2 heterocycles. The van der Waals surface area contributed by atoms with Crippen molar-refractivity contribution >= 4 is 5.78 Å². The summed E-state index contributed by atoms with van der Waals surface area (Å²) in [6.45, 7) is 4.23. The molecule has 130 valence electrons. The highest BCUT2D eigenvalue weighted by Crippen LogP contribution is 2.39. The van der Waals surface area contributed by atoms with Crippen molar-refractivity contribution in [1.82, 2.24) is 4.90 Å². The summed E-state index contributed by atoms with van der Waals surface area (Å²) in [7, 11) is 0. The average molecular weight is 339 g/mol. The molecule has 4 rings (SSSR count). The minimum atomic E-state index is -0.399. The lowest BCUT2D eigenvalue weighted by atomic mass is 9.82. The van der Waals surface area contributed by atoms with Crippen molar-refractivity contribution in [3.63, 3.8) is 0 Å². The largest absolute Gasteiger partial charge is 0.486 e. The van der Waals surface area contributed by atoms with Crippen LogP contribution in [0.1, 0.15) is 40.7 Å². The summed E-state index contributed by atoms with van der Waals surface area (Å²) in [6.07, 6.45) is 2.03. The number of carbonyl (C=O) groups is 1. The molecule has 1 saturated heterocycles. The van der Waals surface area contributed by atoms with E-state index in [2.05, 4.69) is 4.90 Å². The van der Waals surface area contributed by atoms with Crippen molar-refractivity contribution < 1.29 is 13.9 Å². The SMILES string of the molecule is Cc1ccc2c(c1)OC1(CCN(Cc3ccccc3F)CC1)CC2=O. The van der Waals surface area contributed by atoms with Gasteiger partial charge in [-0.15, -0.1) is 0 Å². The molecule has 2 aliphatic heterocycles. The van der Waals surface area contributed by atoms with E-state index in [0.717, 1.165) is 42.8 Å². The number of piperidine rings is 1. The Morgan fingerprint density at radius 2 is 1.92 bits per heavy atom. The number of nitrogens with zero attached hydrogens (tertiary/aromatic N) is 1. The molecule has 2 aromatic carbocycles. The van der Waals surface area contributed by atoms with Crippen LogP contribution in [-0.2, 0) is 6.54 Å². The smallest absolute Gasteiger partial charge is 0.170 e. The van der Waals surface area contributed by atoms with Gasteiger partial charge in [0.15, 0.2) is 5.78 Å². The van der Waals surface area contributed by atoms with E-state index in [1.54, 1.807) is 6.07 Å². The van der Waals surface area contributed by atoms with Crippen LogP contribution >= 0.6 is 0 Å². The van der Waals surface area contributed by atoms with Gasteiger partial charge in [-0.05, 0) is 30.7 Å². The Hall–Kier alpha value is -2.20. The van der Waals surface area contributed by atoms with Gasteiger partial charge in [0.25, 0.3) is 0 Å². The predicted octanol–water partition coefficient (Wildman–Crippen LogP) is 4.13. The van der Waals surface area contributed by atoms with Crippen LogP contribution in [0.2, 0.25) is 0 Å². The van der Waals surface area contributed by atoms with Gasteiger partial charge < -0.3 is 4.74 Å². The van der Waals surface area contributed by atoms with Crippen molar-refractivity contribution in [2.24, 2.45) is 0 Å². The number of rotatable bonds is 2. The molecule has 25 heavy (non-hydrogen) atoms. The molecule has 0 radical (unpaired) electrons. The maximum Gasteiger partial charge on any atom is 0.170 e. The summed E-state index contributed by atoms with van der Waals surface area (Å²) in [5, 5.41) is 0. The molecular weight excluding hydrogens is 317 g/mol. The average Bonchev–Trinajstić information content (AvgIpc) is 2.58. The lowest BCUT2D eigenvalue weighted by molar-refractivity contribution is -0.0109. The number of benzene rings is 2. The summed E-state index contributed by atoms with van der Waals surface area (Å²) in [6, 6.07) is 12.7. The summed E-state index contributed by atoms with van der Waals surface area (Å²) < 4.78 is 20.2. The first kappa shape index (κ1) is 16.3. The maximum absolute atomic E-state index is 13.9. The summed E-state index contributed by atoms with van der Waals surface area (Å²) in [4.78, 5) is 14.8. The third-order valence-electron chi connectivity index (χ3n) is 5.37. The van der Waals surface area contributed by atoms with Crippen molar-refractivity contribution in [2.45, 2.75) is 38.3 Å². The second kappa shape index (κ2) is 6.26. The lowest BCUT2D eigenvalue weighted by Gasteiger charge is -2.44. The zero-order chi connectivity index (χ0) is 17.4. The van der Waals surface area contributed by atoms with Gasteiger partial charge in [0.2, 0.25) is 0 Å². The number of aryl methyl sites for hydroxylation is 1. The molecule has 0 amide bonds. The first-order valence-electron chi connectivity index (χ1n) is 8.83. The molecule has 0 saturated carbocycles.